The summed E-state index contributed by atoms with van der Waals surface area (Å²) in [7, 11) is 0. The summed E-state index contributed by atoms with van der Waals surface area (Å²) < 4.78 is 3.28. The van der Waals surface area contributed by atoms with E-state index in [1.165, 1.54) is 0 Å². The summed E-state index contributed by atoms with van der Waals surface area (Å²) in [4.78, 5) is 20.2. The maximum Gasteiger partial charge on any atom is 0.292 e. The van der Waals surface area contributed by atoms with E-state index in [1.807, 2.05) is 6.07 Å². The van der Waals surface area contributed by atoms with Crippen LogP contribution in [0.1, 0.15) is 29.0 Å². The molecular weight excluding hydrogens is 428 g/mol. The van der Waals surface area contributed by atoms with Crippen molar-refractivity contribution in [3.63, 3.8) is 0 Å². The first-order chi connectivity index (χ1) is 11.0. The van der Waals surface area contributed by atoms with E-state index in [0.717, 1.165) is 20.5 Å². The third kappa shape index (κ3) is 2.53. The Kier molecular flexibility index (Phi) is 3.42. The second kappa shape index (κ2) is 5.34. The van der Waals surface area contributed by atoms with Gasteiger partial charge in [-0.05, 0) is 37.9 Å². The van der Waals surface area contributed by atoms with E-state index in [2.05, 4.69) is 59.3 Å². The number of carbonyl (C=O) groups is 1. The second-order valence-corrected chi connectivity index (χ2v) is 7.25. The summed E-state index contributed by atoms with van der Waals surface area (Å²) in [5.41, 5.74) is 6.11. The van der Waals surface area contributed by atoms with Crippen molar-refractivity contribution < 1.29 is 4.79 Å². The molecule has 0 fully saturated rings. The van der Waals surface area contributed by atoms with Gasteiger partial charge in [0.25, 0.3) is 5.91 Å². The lowest BCUT2D eigenvalue weighted by atomic mass is 10.1. The van der Waals surface area contributed by atoms with Crippen molar-refractivity contribution in [2.24, 2.45) is 0 Å². The topological polar surface area (TPSA) is 78.3 Å². The van der Waals surface area contributed by atoms with Crippen LogP contribution in [0.2, 0.25) is 0 Å². The third-order valence-corrected chi connectivity index (χ3v) is 4.60. The number of nitrogens with zero attached hydrogens (tertiary/aromatic N) is 4. The van der Waals surface area contributed by atoms with Gasteiger partial charge in [-0.25, -0.2) is 9.50 Å². The molecule has 1 aliphatic heterocycles. The molecule has 1 amide bonds. The van der Waals surface area contributed by atoms with Crippen LogP contribution in [-0.2, 0) is 0 Å². The molecule has 0 saturated heterocycles. The monoisotopic (exact) mass is 438 g/mol. The van der Waals surface area contributed by atoms with Crippen LogP contribution >= 0.6 is 31.9 Å². The Balaban J connectivity index is 1.66. The van der Waals surface area contributed by atoms with Gasteiger partial charge in [-0.3, -0.25) is 15.2 Å². The van der Waals surface area contributed by atoms with Crippen LogP contribution in [0.15, 0.2) is 33.6 Å². The largest absolute Gasteiger partial charge is 0.351 e. The standard InChI is InChI=1S/C14H12Br2N6O/c1-7-5-22(19-9-2-11(16)18-13(7)9)14(23)10-3-12-17-4-8(15)6-21(12)20-10/h2-4,6-7,18-19H,5H2,1H3. The highest BCUT2D eigenvalue weighted by molar-refractivity contribution is 9.10. The molecule has 0 spiro atoms. The highest BCUT2D eigenvalue weighted by Gasteiger charge is 2.29. The van der Waals surface area contributed by atoms with E-state index in [0.29, 0.717) is 17.9 Å². The van der Waals surface area contributed by atoms with E-state index in [4.69, 9.17) is 0 Å². The van der Waals surface area contributed by atoms with Crippen LogP contribution in [0.5, 0.6) is 0 Å². The zero-order chi connectivity index (χ0) is 16.1. The molecular formula is C14H12Br2N6O. The van der Waals surface area contributed by atoms with Gasteiger partial charge in [-0.15, -0.1) is 0 Å². The minimum Gasteiger partial charge on any atom is -0.351 e. The number of fused-ring (bicyclic) bond motifs is 2. The summed E-state index contributed by atoms with van der Waals surface area (Å²) in [6.45, 7) is 2.63. The molecule has 0 bridgehead atoms. The summed E-state index contributed by atoms with van der Waals surface area (Å²) in [6.07, 6.45) is 3.45. The predicted molar refractivity (Wildman–Crippen MR) is 92.3 cm³/mol. The number of carbonyl (C=O) groups excluding carboxylic acids is 1. The fourth-order valence-corrected chi connectivity index (χ4v) is 3.44. The summed E-state index contributed by atoms with van der Waals surface area (Å²) >= 11 is 6.77. The first-order valence-electron chi connectivity index (χ1n) is 6.99. The normalized spacial score (nSPS) is 17.2. The Morgan fingerprint density at radius 3 is 3.04 bits per heavy atom. The van der Waals surface area contributed by atoms with Crippen LogP contribution in [0.4, 0.5) is 5.69 Å². The minimum absolute atomic E-state index is 0.179. The zero-order valence-corrected chi connectivity index (χ0v) is 15.2. The maximum atomic E-state index is 12.7. The molecule has 1 unspecified atom stereocenters. The molecule has 4 rings (SSSR count). The number of halogens is 2. The van der Waals surface area contributed by atoms with Gasteiger partial charge < -0.3 is 4.98 Å². The summed E-state index contributed by atoms with van der Waals surface area (Å²) in [6, 6.07) is 3.61. The molecule has 1 atom stereocenters. The van der Waals surface area contributed by atoms with Crippen LogP contribution in [0.25, 0.3) is 5.65 Å². The van der Waals surface area contributed by atoms with Crippen molar-refractivity contribution in [2.75, 3.05) is 12.0 Å². The molecule has 4 heterocycles. The van der Waals surface area contributed by atoms with Crippen LogP contribution in [0, 0.1) is 0 Å². The summed E-state index contributed by atoms with van der Waals surface area (Å²) in [5.74, 6) is 0.0206. The quantitative estimate of drug-likeness (QED) is 0.610. The highest BCUT2D eigenvalue weighted by Crippen LogP contribution is 2.32. The van der Waals surface area contributed by atoms with Gasteiger partial charge in [-0.2, -0.15) is 5.10 Å². The lowest BCUT2D eigenvalue weighted by Crippen LogP contribution is -2.42. The fraction of sp³-hybridized carbons (Fsp3) is 0.214. The van der Waals surface area contributed by atoms with Gasteiger partial charge in [0.1, 0.15) is 0 Å². The SMILES string of the molecule is CC1CN(C(=O)c2cc3ncc(Br)cn3n2)Nc2cc(Br)[nH]c21. The molecule has 23 heavy (non-hydrogen) atoms. The molecule has 0 saturated carbocycles. The van der Waals surface area contributed by atoms with Crippen LogP contribution in [-0.4, -0.2) is 37.0 Å². The molecule has 2 N–H and O–H groups in total. The number of amides is 1. The number of aromatic nitrogens is 4. The van der Waals surface area contributed by atoms with Crippen molar-refractivity contribution in [1.29, 1.82) is 0 Å². The predicted octanol–water partition coefficient (Wildman–Crippen LogP) is 3.17. The number of aromatic amines is 1. The Hall–Kier alpha value is -1.87. The van der Waals surface area contributed by atoms with E-state index < -0.39 is 0 Å². The molecule has 3 aromatic rings. The van der Waals surface area contributed by atoms with Crippen LogP contribution < -0.4 is 5.43 Å². The Morgan fingerprint density at radius 1 is 1.39 bits per heavy atom. The molecule has 7 nitrogen and oxygen atoms in total. The van der Waals surface area contributed by atoms with Crippen molar-refractivity contribution in [1.82, 2.24) is 24.6 Å². The zero-order valence-electron chi connectivity index (χ0n) is 12.0. The third-order valence-electron chi connectivity index (χ3n) is 3.77. The molecule has 118 valence electrons. The molecule has 3 aromatic heterocycles. The van der Waals surface area contributed by atoms with Crippen molar-refractivity contribution in [2.45, 2.75) is 12.8 Å². The van der Waals surface area contributed by atoms with Gasteiger partial charge in [0.05, 0.1) is 21.3 Å². The van der Waals surface area contributed by atoms with E-state index in [-0.39, 0.29) is 11.8 Å². The fourth-order valence-electron chi connectivity index (χ4n) is 2.70. The smallest absolute Gasteiger partial charge is 0.292 e. The summed E-state index contributed by atoms with van der Waals surface area (Å²) in [5, 5.41) is 5.90. The van der Waals surface area contributed by atoms with E-state index in [1.54, 1.807) is 28.0 Å². The van der Waals surface area contributed by atoms with Gasteiger partial charge in [0.15, 0.2) is 11.3 Å². The molecule has 9 heteroatoms. The van der Waals surface area contributed by atoms with E-state index >= 15 is 0 Å². The van der Waals surface area contributed by atoms with Crippen molar-refractivity contribution in [3.8, 4) is 0 Å². The number of nitrogens with one attached hydrogen (secondary N) is 2. The first kappa shape index (κ1) is 14.7. The lowest BCUT2D eigenvalue weighted by Gasteiger charge is -2.31. The average Bonchev–Trinajstić information content (AvgIpc) is 3.08. The molecule has 1 aliphatic rings. The Bertz CT molecular complexity index is 917. The highest BCUT2D eigenvalue weighted by atomic mass is 79.9. The minimum atomic E-state index is -0.179. The number of hydrogen-bond donors (Lipinski definition) is 2. The van der Waals surface area contributed by atoms with Gasteiger partial charge in [0.2, 0.25) is 0 Å². The van der Waals surface area contributed by atoms with Crippen molar-refractivity contribution in [3.05, 3.63) is 45.0 Å². The van der Waals surface area contributed by atoms with Gasteiger partial charge >= 0.3 is 0 Å². The van der Waals surface area contributed by atoms with Crippen molar-refractivity contribution >= 4 is 49.1 Å². The van der Waals surface area contributed by atoms with Gasteiger partial charge in [0, 0.05) is 30.1 Å². The average molecular weight is 440 g/mol. The second-order valence-electron chi connectivity index (χ2n) is 5.48. The number of hydrazine groups is 1. The molecule has 0 aromatic carbocycles. The Morgan fingerprint density at radius 2 is 2.22 bits per heavy atom. The number of H-pyrrole nitrogens is 1. The molecule has 0 radical (unpaired) electrons. The number of rotatable bonds is 1. The number of anilines is 1. The number of hydrogen-bond acceptors (Lipinski definition) is 4. The van der Waals surface area contributed by atoms with Crippen LogP contribution in [0.3, 0.4) is 0 Å². The van der Waals surface area contributed by atoms with Gasteiger partial charge in [-0.1, -0.05) is 6.92 Å². The van der Waals surface area contributed by atoms with E-state index in [9.17, 15) is 4.79 Å². The molecule has 0 aliphatic carbocycles. The first-order valence-corrected chi connectivity index (χ1v) is 8.58. The maximum absolute atomic E-state index is 12.7. The lowest BCUT2D eigenvalue weighted by molar-refractivity contribution is 0.0773. The Labute approximate surface area is 148 Å².